The van der Waals surface area contributed by atoms with Crippen molar-refractivity contribution in [3.63, 3.8) is 0 Å². The summed E-state index contributed by atoms with van der Waals surface area (Å²) >= 11 is 1.81. The van der Waals surface area contributed by atoms with E-state index < -0.39 is 0 Å². The van der Waals surface area contributed by atoms with Gasteiger partial charge in [0, 0.05) is 27.5 Å². The Morgan fingerprint density at radius 2 is 1.94 bits per heavy atom. The van der Waals surface area contributed by atoms with E-state index in [0.717, 1.165) is 18.7 Å². The predicted molar refractivity (Wildman–Crippen MR) is 72.2 cm³/mol. The molecule has 0 atom stereocenters. The van der Waals surface area contributed by atoms with Crippen LogP contribution in [-0.2, 0) is 13.0 Å². The molecule has 1 heterocycles. The van der Waals surface area contributed by atoms with Crippen LogP contribution >= 0.6 is 11.3 Å². The fraction of sp³-hybridized carbons (Fsp3) is 0.286. The molecule has 3 heteroatoms. The lowest BCUT2D eigenvalue weighted by Crippen LogP contribution is -2.00. The van der Waals surface area contributed by atoms with Gasteiger partial charge < -0.3 is 5.32 Å². The number of hydrogen-bond acceptors (Lipinski definition) is 2. The van der Waals surface area contributed by atoms with Crippen molar-refractivity contribution in [2.45, 2.75) is 26.8 Å². The van der Waals surface area contributed by atoms with Crippen LogP contribution in [0.4, 0.5) is 10.1 Å². The van der Waals surface area contributed by atoms with Crippen LogP contribution in [0.15, 0.2) is 30.3 Å². The zero-order chi connectivity index (χ0) is 12.3. The smallest absolute Gasteiger partial charge is 0.128 e. The molecule has 17 heavy (non-hydrogen) atoms. The fourth-order valence-corrected chi connectivity index (χ4v) is 2.59. The summed E-state index contributed by atoms with van der Waals surface area (Å²) in [6, 6.07) is 9.41. The second-order valence-corrected chi connectivity index (χ2v) is 5.24. The van der Waals surface area contributed by atoms with Gasteiger partial charge in [0.2, 0.25) is 0 Å². The number of anilines is 1. The van der Waals surface area contributed by atoms with E-state index in [0.29, 0.717) is 5.56 Å². The summed E-state index contributed by atoms with van der Waals surface area (Å²) in [5, 5.41) is 3.28. The highest BCUT2D eigenvalue weighted by Gasteiger charge is 2.03. The van der Waals surface area contributed by atoms with Crippen molar-refractivity contribution in [2.24, 2.45) is 0 Å². The molecule has 1 N–H and O–H groups in total. The van der Waals surface area contributed by atoms with E-state index in [2.05, 4.69) is 24.4 Å². The van der Waals surface area contributed by atoms with Gasteiger partial charge in [0.25, 0.3) is 0 Å². The predicted octanol–water partition coefficient (Wildman–Crippen LogP) is 4.37. The van der Waals surface area contributed by atoms with Crippen molar-refractivity contribution in [3.05, 3.63) is 51.5 Å². The largest absolute Gasteiger partial charge is 0.380 e. The molecule has 0 bridgehead atoms. The van der Waals surface area contributed by atoms with Crippen molar-refractivity contribution >= 4 is 17.0 Å². The molecule has 0 aliphatic carbocycles. The molecule has 0 saturated carbocycles. The van der Waals surface area contributed by atoms with Crippen LogP contribution in [0.3, 0.4) is 0 Å². The third-order valence-electron chi connectivity index (χ3n) is 2.79. The van der Waals surface area contributed by atoms with Crippen LogP contribution in [0.2, 0.25) is 0 Å². The average Bonchev–Trinajstić information content (AvgIpc) is 2.79. The number of nitrogens with one attached hydrogen (secondary N) is 1. The van der Waals surface area contributed by atoms with Gasteiger partial charge >= 0.3 is 0 Å². The lowest BCUT2D eigenvalue weighted by Gasteiger charge is -2.08. The number of hydrogen-bond donors (Lipinski definition) is 1. The first kappa shape index (κ1) is 12.1. The van der Waals surface area contributed by atoms with Gasteiger partial charge in [0.15, 0.2) is 0 Å². The SMILES string of the molecule is CCc1ccc(CNc2cccc(F)c2C)s1. The summed E-state index contributed by atoms with van der Waals surface area (Å²) in [5.74, 6) is -0.157. The molecule has 2 aromatic rings. The minimum Gasteiger partial charge on any atom is -0.380 e. The second-order valence-electron chi connectivity index (χ2n) is 3.99. The molecular formula is C14H16FNS. The summed E-state index contributed by atoms with van der Waals surface area (Å²) in [6.45, 7) is 4.71. The highest BCUT2D eigenvalue weighted by Crippen LogP contribution is 2.21. The molecule has 1 aromatic heterocycles. The Hall–Kier alpha value is -1.35. The molecule has 0 spiro atoms. The normalized spacial score (nSPS) is 10.5. The molecule has 0 fully saturated rings. The monoisotopic (exact) mass is 249 g/mol. The van der Waals surface area contributed by atoms with E-state index in [1.165, 1.54) is 15.8 Å². The maximum Gasteiger partial charge on any atom is 0.128 e. The van der Waals surface area contributed by atoms with Crippen molar-refractivity contribution in [1.82, 2.24) is 0 Å². The van der Waals surface area contributed by atoms with E-state index in [4.69, 9.17) is 0 Å². The van der Waals surface area contributed by atoms with Crippen LogP contribution in [0, 0.1) is 12.7 Å². The second kappa shape index (κ2) is 5.32. The Kier molecular flexibility index (Phi) is 3.79. The first-order valence-corrected chi connectivity index (χ1v) is 6.59. The number of rotatable bonds is 4. The highest BCUT2D eigenvalue weighted by molar-refractivity contribution is 7.12. The minimum atomic E-state index is -0.157. The minimum absolute atomic E-state index is 0.157. The summed E-state index contributed by atoms with van der Waals surface area (Å²) in [5.41, 5.74) is 1.55. The summed E-state index contributed by atoms with van der Waals surface area (Å²) < 4.78 is 13.3. The highest BCUT2D eigenvalue weighted by atomic mass is 32.1. The van der Waals surface area contributed by atoms with Gasteiger partial charge in [-0.1, -0.05) is 13.0 Å². The van der Waals surface area contributed by atoms with E-state index in [-0.39, 0.29) is 5.82 Å². The lowest BCUT2D eigenvalue weighted by molar-refractivity contribution is 0.619. The Labute approximate surface area is 105 Å². The number of halogens is 1. The van der Waals surface area contributed by atoms with Gasteiger partial charge in [0.05, 0.1) is 0 Å². The van der Waals surface area contributed by atoms with Crippen LogP contribution in [0.5, 0.6) is 0 Å². The summed E-state index contributed by atoms with van der Waals surface area (Å²) in [4.78, 5) is 2.67. The topological polar surface area (TPSA) is 12.0 Å². The quantitative estimate of drug-likeness (QED) is 0.848. The number of benzene rings is 1. The molecule has 90 valence electrons. The molecule has 0 aliphatic rings. The maximum absolute atomic E-state index is 13.3. The van der Waals surface area contributed by atoms with Crippen molar-refractivity contribution in [2.75, 3.05) is 5.32 Å². The van der Waals surface area contributed by atoms with Gasteiger partial charge in [-0.25, -0.2) is 4.39 Å². The maximum atomic E-state index is 13.3. The zero-order valence-corrected chi connectivity index (χ0v) is 10.9. The number of aryl methyl sites for hydroxylation is 1. The van der Waals surface area contributed by atoms with E-state index in [1.54, 1.807) is 24.3 Å². The molecule has 0 radical (unpaired) electrons. The standard InChI is InChI=1S/C14H16FNS/c1-3-11-7-8-12(17-11)9-16-14-6-4-5-13(15)10(14)2/h4-8,16H,3,9H2,1-2H3. The van der Waals surface area contributed by atoms with Gasteiger partial charge in [-0.05, 0) is 37.6 Å². The average molecular weight is 249 g/mol. The Morgan fingerprint density at radius 1 is 1.18 bits per heavy atom. The lowest BCUT2D eigenvalue weighted by atomic mass is 10.2. The molecular weight excluding hydrogens is 233 g/mol. The van der Waals surface area contributed by atoms with Crippen LogP contribution < -0.4 is 5.32 Å². The van der Waals surface area contributed by atoms with Gasteiger partial charge in [-0.2, -0.15) is 0 Å². The molecule has 0 aliphatic heterocycles. The van der Waals surface area contributed by atoms with Crippen LogP contribution in [0.25, 0.3) is 0 Å². The summed E-state index contributed by atoms with van der Waals surface area (Å²) in [7, 11) is 0. The molecule has 1 nitrogen and oxygen atoms in total. The van der Waals surface area contributed by atoms with Crippen molar-refractivity contribution in [1.29, 1.82) is 0 Å². The zero-order valence-electron chi connectivity index (χ0n) is 10.1. The molecule has 1 aromatic carbocycles. The Balaban J connectivity index is 2.04. The van der Waals surface area contributed by atoms with Gasteiger partial charge in [-0.15, -0.1) is 11.3 Å². The molecule has 2 rings (SSSR count). The Bertz CT molecular complexity index is 505. The van der Waals surface area contributed by atoms with Crippen molar-refractivity contribution < 1.29 is 4.39 Å². The number of thiophene rings is 1. The first-order valence-electron chi connectivity index (χ1n) is 5.77. The fourth-order valence-electron chi connectivity index (χ4n) is 1.69. The molecule has 0 amide bonds. The van der Waals surface area contributed by atoms with Crippen LogP contribution in [0.1, 0.15) is 22.2 Å². The molecule has 0 saturated heterocycles. The van der Waals surface area contributed by atoms with E-state index >= 15 is 0 Å². The van der Waals surface area contributed by atoms with Gasteiger partial charge in [-0.3, -0.25) is 0 Å². The molecule has 0 unspecified atom stereocenters. The van der Waals surface area contributed by atoms with Crippen molar-refractivity contribution in [3.8, 4) is 0 Å². The third kappa shape index (κ3) is 2.86. The van der Waals surface area contributed by atoms with Crippen LogP contribution in [-0.4, -0.2) is 0 Å². The van der Waals surface area contributed by atoms with E-state index in [9.17, 15) is 4.39 Å². The first-order chi connectivity index (χ1) is 8.20. The third-order valence-corrected chi connectivity index (χ3v) is 4.02. The van der Waals surface area contributed by atoms with E-state index in [1.807, 2.05) is 6.07 Å². The Morgan fingerprint density at radius 3 is 2.65 bits per heavy atom. The summed E-state index contributed by atoms with van der Waals surface area (Å²) in [6.07, 6.45) is 1.07. The van der Waals surface area contributed by atoms with Gasteiger partial charge in [0.1, 0.15) is 5.82 Å².